The van der Waals surface area contributed by atoms with Crippen molar-refractivity contribution >= 4 is 5.57 Å². The van der Waals surface area contributed by atoms with Gasteiger partial charge in [-0.25, -0.2) is 0 Å². The number of allylic oxidation sites excluding steroid dienone is 1. The first kappa shape index (κ1) is 7.62. The molecule has 0 aliphatic carbocycles. The molecule has 0 fully saturated rings. The zero-order valence-electron chi connectivity index (χ0n) is 6.76. The first-order valence-electron chi connectivity index (χ1n) is 3.37. The maximum atomic E-state index is 8.61. The molecule has 2 nitrogen and oxygen atoms in total. The summed E-state index contributed by atoms with van der Waals surface area (Å²) < 4.78 is 1.80. The van der Waals surface area contributed by atoms with Crippen molar-refractivity contribution in [2.75, 3.05) is 0 Å². The summed E-state index contributed by atoms with van der Waals surface area (Å²) in [7, 11) is 1.85. The normalized spacial score (nSPS) is 9.18. The van der Waals surface area contributed by atoms with Gasteiger partial charge in [-0.2, -0.15) is 5.26 Å². The van der Waals surface area contributed by atoms with Crippen LogP contribution in [0.2, 0.25) is 0 Å². The lowest BCUT2D eigenvalue weighted by Gasteiger charge is -1.89. The van der Waals surface area contributed by atoms with Crippen molar-refractivity contribution < 1.29 is 0 Å². The van der Waals surface area contributed by atoms with Gasteiger partial charge in [0.15, 0.2) is 0 Å². The Kier molecular flexibility index (Phi) is 1.82. The van der Waals surface area contributed by atoms with Crippen LogP contribution in [0.25, 0.3) is 5.57 Å². The molecule has 0 aliphatic rings. The minimum atomic E-state index is 0.669. The summed E-state index contributed by atoms with van der Waals surface area (Å²) in [5, 5.41) is 8.61. The Labute approximate surface area is 66.4 Å². The fourth-order valence-corrected chi connectivity index (χ4v) is 0.909. The van der Waals surface area contributed by atoms with Crippen LogP contribution >= 0.6 is 0 Å². The smallest absolute Gasteiger partial charge is 0.120 e. The molecule has 1 aromatic heterocycles. The van der Waals surface area contributed by atoms with Crippen molar-refractivity contribution in [1.29, 1.82) is 5.26 Å². The molecule has 1 rings (SSSR count). The largest absolute Gasteiger partial charge is 0.342 e. The Morgan fingerprint density at radius 2 is 2.36 bits per heavy atom. The van der Waals surface area contributed by atoms with Crippen LogP contribution in [-0.4, -0.2) is 4.57 Å². The molecule has 0 spiro atoms. The van der Waals surface area contributed by atoms with E-state index >= 15 is 0 Å². The van der Waals surface area contributed by atoms with E-state index < -0.39 is 0 Å². The van der Waals surface area contributed by atoms with Crippen LogP contribution in [0.1, 0.15) is 18.2 Å². The summed E-state index contributed by atoms with van der Waals surface area (Å²) in [6.07, 6.45) is 1.90. The minimum Gasteiger partial charge on any atom is -0.342 e. The van der Waals surface area contributed by atoms with E-state index in [4.69, 9.17) is 5.26 Å². The third kappa shape index (κ3) is 1.32. The highest BCUT2D eigenvalue weighted by Gasteiger charge is 2.00. The van der Waals surface area contributed by atoms with Crippen LogP contribution in [0.3, 0.4) is 0 Å². The quantitative estimate of drug-likeness (QED) is 0.595. The van der Waals surface area contributed by atoms with E-state index in [2.05, 4.69) is 12.6 Å². The molecule has 1 heterocycles. The average molecular weight is 146 g/mol. The summed E-state index contributed by atoms with van der Waals surface area (Å²) in [5.74, 6) is 0. The van der Waals surface area contributed by atoms with Gasteiger partial charge in [0.05, 0.1) is 0 Å². The van der Waals surface area contributed by atoms with E-state index in [0.717, 1.165) is 11.1 Å². The Bertz CT molecular complexity index is 326. The molecule has 2 heteroatoms. The van der Waals surface area contributed by atoms with Crippen LogP contribution in [0.15, 0.2) is 18.8 Å². The van der Waals surface area contributed by atoms with Crippen molar-refractivity contribution in [1.82, 2.24) is 4.57 Å². The van der Waals surface area contributed by atoms with Crippen LogP contribution in [0.5, 0.6) is 0 Å². The topological polar surface area (TPSA) is 28.7 Å². The summed E-state index contributed by atoms with van der Waals surface area (Å²) in [5.41, 5.74) is 2.69. The Morgan fingerprint density at radius 1 is 1.73 bits per heavy atom. The van der Waals surface area contributed by atoms with Crippen molar-refractivity contribution in [2.24, 2.45) is 7.05 Å². The molecule has 0 saturated heterocycles. The van der Waals surface area contributed by atoms with Crippen LogP contribution in [-0.2, 0) is 7.05 Å². The molecule has 56 valence electrons. The van der Waals surface area contributed by atoms with Crippen LogP contribution in [0, 0.1) is 11.3 Å². The van der Waals surface area contributed by atoms with Crippen LogP contribution < -0.4 is 0 Å². The second-order valence-corrected chi connectivity index (χ2v) is 2.62. The monoisotopic (exact) mass is 146 g/mol. The molecule has 0 amide bonds. The molecule has 0 aliphatic heterocycles. The molecule has 0 radical (unpaired) electrons. The molecule has 11 heavy (non-hydrogen) atoms. The lowest BCUT2D eigenvalue weighted by Crippen LogP contribution is -1.86. The fourth-order valence-electron chi connectivity index (χ4n) is 0.909. The van der Waals surface area contributed by atoms with Gasteiger partial charge in [0.25, 0.3) is 0 Å². The van der Waals surface area contributed by atoms with Crippen molar-refractivity contribution in [2.45, 2.75) is 6.92 Å². The van der Waals surface area contributed by atoms with Crippen molar-refractivity contribution in [3.8, 4) is 6.07 Å². The van der Waals surface area contributed by atoms with Gasteiger partial charge in [-0.15, -0.1) is 0 Å². The molecular formula is C9H10N2. The van der Waals surface area contributed by atoms with Crippen molar-refractivity contribution in [3.05, 3.63) is 30.1 Å². The van der Waals surface area contributed by atoms with Gasteiger partial charge >= 0.3 is 0 Å². The predicted molar refractivity (Wildman–Crippen MR) is 44.8 cm³/mol. The van der Waals surface area contributed by atoms with Gasteiger partial charge in [0, 0.05) is 13.2 Å². The predicted octanol–water partition coefficient (Wildman–Crippen LogP) is 1.93. The maximum absolute atomic E-state index is 8.61. The molecule has 0 unspecified atom stereocenters. The van der Waals surface area contributed by atoms with E-state index in [1.807, 2.05) is 26.2 Å². The summed E-state index contributed by atoms with van der Waals surface area (Å²) in [6, 6.07) is 3.93. The highest BCUT2D eigenvalue weighted by molar-refractivity contribution is 5.62. The van der Waals surface area contributed by atoms with Gasteiger partial charge in [-0.05, 0) is 24.1 Å². The number of aryl methyl sites for hydroxylation is 1. The number of hydrogen-bond donors (Lipinski definition) is 0. The maximum Gasteiger partial charge on any atom is 0.120 e. The molecular weight excluding hydrogens is 136 g/mol. The number of nitrogens with zero attached hydrogens (tertiary/aromatic N) is 2. The standard InChI is InChI=1S/C9H10N2/c1-7(2)8-4-9(5-10)11(3)6-8/h4,6H,1H2,2-3H3. The van der Waals surface area contributed by atoms with E-state index in [1.54, 1.807) is 4.57 Å². The van der Waals surface area contributed by atoms with Gasteiger partial charge in [0.1, 0.15) is 11.8 Å². The lowest BCUT2D eigenvalue weighted by molar-refractivity contribution is 0.907. The number of nitriles is 1. The highest BCUT2D eigenvalue weighted by Crippen LogP contribution is 2.13. The molecule has 0 saturated carbocycles. The van der Waals surface area contributed by atoms with E-state index in [1.165, 1.54) is 0 Å². The van der Waals surface area contributed by atoms with Gasteiger partial charge < -0.3 is 4.57 Å². The zero-order chi connectivity index (χ0) is 8.43. The lowest BCUT2D eigenvalue weighted by atomic mass is 10.2. The first-order chi connectivity index (χ1) is 5.15. The fraction of sp³-hybridized carbons (Fsp3) is 0.222. The van der Waals surface area contributed by atoms with Gasteiger partial charge in [-0.1, -0.05) is 6.58 Å². The molecule has 0 bridgehead atoms. The number of hydrogen-bond acceptors (Lipinski definition) is 1. The summed E-state index contributed by atoms with van der Waals surface area (Å²) >= 11 is 0. The number of aromatic nitrogens is 1. The molecule has 0 N–H and O–H groups in total. The zero-order valence-corrected chi connectivity index (χ0v) is 6.76. The van der Waals surface area contributed by atoms with Crippen LogP contribution in [0.4, 0.5) is 0 Å². The number of rotatable bonds is 1. The Morgan fingerprint density at radius 3 is 2.64 bits per heavy atom. The Hall–Kier alpha value is -1.49. The third-order valence-corrected chi connectivity index (χ3v) is 1.61. The second-order valence-electron chi connectivity index (χ2n) is 2.62. The first-order valence-corrected chi connectivity index (χ1v) is 3.37. The van der Waals surface area contributed by atoms with Gasteiger partial charge in [0.2, 0.25) is 0 Å². The van der Waals surface area contributed by atoms with Gasteiger partial charge in [-0.3, -0.25) is 0 Å². The van der Waals surface area contributed by atoms with E-state index in [9.17, 15) is 0 Å². The molecule has 0 aromatic carbocycles. The minimum absolute atomic E-state index is 0.669. The average Bonchev–Trinajstić information content (AvgIpc) is 2.31. The Balaban J connectivity index is 3.18. The van der Waals surface area contributed by atoms with E-state index in [0.29, 0.717) is 5.69 Å². The summed E-state index contributed by atoms with van der Waals surface area (Å²) in [6.45, 7) is 5.72. The van der Waals surface area contributed by atoms with E-state index in [-0.39, 0.29) is 0 Å². The third-order valence-electron chi connectivity index (χ3n) is 1.61. The highest BCUT2D eigenvalue weighted by atomic mass is 14.9. The van der Waals surface area contributed by atoms with Crippen molar-refractivity contribution in [3.63, 3.8) is 0 Å². The summed E-state index contributed by atoms with van der Waals surface area (Å²) in [4.78, 5) is 0. The second kappa shape index (κ2) is 2.63. The SMILES string of the molecule is C=C(C)c1cc(C#N)n(C)c1. The molecule has 0 atom stereocenters. The molecule has 1 aromatic rings.